The van der Waals surface area contributed by atoms with E-state index in [2.05, 4.69) is 5.32 Å². The Hall–Kier alpha value is -1.94. The molecule has 0 aliphatic heterocycles. The van der Waals surface area contributed by atoms with Crippen molar-refractivity contribution in [3.8, 4) is 5.75 Å². The fourth-order valence-electron chi connectivity index (χ4n) is 2.34. The standard InChI is InChI=1S/C17H19F2NO/c1-20-16(9-12-3-5-17(21-2)6-4-12)10-13-7-14(18)11-15(19)8-13/h3-8,11,16,20H,9-10H2,1-2H3. The molecule has 21 heavy (non-hydrogen) atoms. The average molecular weight is 291 g/mol. The number of ether oxygens (including phenoxy) is 1. The molecule has 0 saturated carbocycles. The number of likely N-dealkylation sites (N-methyl/N-ethyl adjacent to an activating group) is 1. The first-order valence-corrected chi connectivity index (χ1v) is 6.86. The van der Waals surface area contributed by atoms with Gasteiger partial charge in [-0.25, -0.2) is 8.78 Å². The summed E-state index contributed by atoms with van der Waals surface area (Å²) in [5, 5.41) is 3.19. The van der Waals surface area contributed by atoms with Crippen LogP contribution in [0.15, 0.2) is 42.5 Å². The molecule has 0 aliphatic rings. The maximum Gasteiger partial charge on any atom is 0.126 e. The molecule has 2 aromatic rings. The van der Waals surface area contributed by atoms with E-state index in [0.29, 0.717) is 12.0 Å². The van der Waals surface area contributed by atoms with E-state index < -0.39 is 11.6 Å². The van der Waals surface area contributed by atoms with E-state index in [1.807, 2.05) is 31.3 Å². The van der Waals surface area contributed by atoms with Crippen molar-refractivity contribution in [3.05, 3.63) is 65.2 Å². The summed E-state index contributed by atoms with van der Waals surface area (Å²) in [6.07, 6.45) is 1.34. The van der Waals surface area contributed by atoms with Crippen LogP contribution in [0.25, 0.3) is 0 Å². The molecule has 112 valence electrons. The highest BCUT2D eigenvalue weighted by atomic mass is 19.1. The van der Waals surface area contributed by atoms with Crippen molar-refractivity contribution in [3.63, 3.8) is 0 Å². The van der Waals surface area contributed by atoms with Crippen molar-refractivity contribution < 1.29 is 13.5 Å². The van der Waals surface area contributed by atoms with Gasteiger partial charge in [0, 0.05) is 12.1 Å². The highest BCUT2D eigenvalue weighted by molar-refractivity contribution is 5.28. The number of halogens is 2. The van der Waals surface area contributed by atoms with Crippen molar-refractivity contribution in [2.75, 3.05) is 14.2 Å². The van der Waals surface area contributed by atoms with E-state index in [1.165, 1.54) is 12.1 Å². The van der Waals surface area contributed by atoms with Crippen LogP contribution in [0.4, 0.5) is 8.78 Å². The highest BCUT2D eigenvalue weighted by Gasteiger charge is 2.10. The lowest BCUT2D eigenvalue weighted by molar-refractivity contribution is 0.414. The van der Waals surface area contributed by atoms with Gasteiger partial charge >= 0.3 is 0 Å². The van der Waals surface area contributed by atoms with Crippen LogP contribution in [0, 0.1) is 11.6 Å². The molecule has 0 aromatic heterocycles. The zero-order valence-electron chi connectivity index (χ0n) is 12.2. The lowest BCUT2D eigenvalue weighted by atomic mass is 9.99. The Labute approximate surface area is 123 Å². The number of rotatable bonds is 6. The summed E-state index contributed by atoms with van der Waals surface area (Å²) in [4.78, 5) is 0. The third kappa shape index (κ3) is 4.53. The molecule has 0 fully saturated rings. The summed E-state index contributed by atoms with van der Waals surface area (Å²) in [6.45, 7) is 0. The third-order valence-corrected chi connectivity index (χ3v) is 3.45. The average Bonchev–Trinajstić information content (AvgIpc) is 2.46. The smallest absolute Gasteiger partial charge is 0.126 e. The maximum absolute atomic E-state index is 13.2. The van der Waals surface area contributed by atoms with Crippen LogP contribution in [-0.2, 0) is 12.8 Å². The van der Waals surface area contributed by atoms with E-state index in [4.69, 9.17) is 4.74 Å². The van der Waals surface area contributed by atoms with Gasteiger partial charge in [-0.2, -0.15) is 0 Å². The van der Waals surface area contributed by atoms with E-state index in [9.17, 15) is 8.78 Å². The van der Waals surface area contributed by atoms with Crippen molar-refractivity contribution >= 4 is 0 Å². The second-order valence-corrected chi connectivity index (χ2v) is 5.02. The molecular weight excluding hydrogens is 272 g/mol. The molecule has 0 amide bonds. The lowest BCUT2D eigenvalue weighted by Crippen LogP contribution is -2.30. The van der Waals surface area contributed by atoms with Crippen LogP contribution < -0.4 is 10.1 Å². The molecule has 2 rings (SSSR count). The van der Waals surface area contributed by atoms with Crippen LogP contribution in [0.2, 0.25) is 0 Å². The van der Waals surface area contributed by atoms with E-state index in [1.54, 1.807) is 7.11 Å². The minimum Gasteiger partial charge on any atom is -0.497 e. The molecular formula is C17H19F2NO. The van der Waals surface area contributed by atoms with Crippen LogP contribution in [0.5, 0.6) is 5.75 Å². The van der Waals surface area contributed by atoms with Gasteiger partial charge in [0.25, 0.3) is 0 Å². The second kappa shape index (κ2) is 7.18. The Bertz CT molecular complexity index is 564. The summed E-state index contributed by atoms with van der Waals surface area (Å²) in [5.74, 6) is -0.263. The molecule has 0 spiro atoms. The van der Waals surface area contributed by atoms with Gasteiger partial charge in [0.1, 0.15) is 17.4 Å². The minimum atomic E-state index is -0.538. The van der Waals surface area contributed by atoms with Gasteiger partial charge in [0.2, 0.25) is 0 Å². The van der Waals surface area contributed by atoms with Gasteiger partial charge in [-0.1, -0.05) is 12.1 Å². The molecule has 1 unspecified atom stereocenters. The molecule has 2 aromatic carbocycles. The summed E-state index contributed by atoms with van der Waals surface area (Å²) < 4.78 is 31.6. The monoisotopic (exact) mass is 291 g/mol. The van der Waals surface area contributed by atoms with Crippen molar-refractivity contribution in [1.29, 1.82) is 0 Å². The van der Waals surface area contributed by atoms with Crippen LogP contribution in [0.3, 0.4) is 0 Å². The van der Waals surface area contributed by atoms with Crippen LogP contribution in [-0.4, -0.2) is 20.2 Å². The van der Waals surface area contributed by atoms with Gasteiger partial charge in [-0.15, -0.1) is 0 Å². The van der Waals surface area contributed by atoms with Gasteiger partial charge in [-0.3, -0.25) is 0 Å². The maximum atomic E-state index is 13.2. The SMILES string of the molecule is CNC(Cc1ccc(OC)cc1)Cc1cc(F)cc(F)c1. The second-order valence-electron chi connectivity index (χ2n) is 5.02. The van der Waals surface area contributed by atoms with Gasteiger partial charge < -0.3 is 10.1 Å². The molecule has 1 N–H and O–H groups in total. The molecule has 0 radical (unpaired) electrons. The van der Waals surface area contributed by atoms with Crippen molar-refractivity contribution in [2.24, 2.45) is 0 Å². The first-order chi connectivity index (χ1) is 10.1. The Morgan fingerprint density at radius 1 is 0.952 bits per heavy atom. The Morgan fingerprint density at radius 2 is 1.52 bits per heavy atom. The van der Waals surface area contributed by atoms with Crippen molar-refractivity contribution in [1.82, 2.24) is 5.32 Å². The van der Waals surface area contributed by atoms with Gasteiger partial charge in [-0.05, 0) is 55.3 Å². The number of benzene rings is 2. The molecule has 4 heteroatoms. The number of methoxy groups -OCH3 is 1. The van der Waals surface area contributed by atoms with Gasteiger partial charge in [0.05, 0.1) is 7.11 Å². The quantitative estimate of drug-likeness (QED) is 0.881. The molecule has 0 aliphatic carbocycles. The van der Waals surface area contributed by atoms with Gasteiger partial charge in [0.15, 0.2) is 0 Å². The highest BCUT2D eigenvalue weighted by Crippen LogP contribution is 2.15. The fourth-order valence-corrected chi connectivity index (χ4v) is 2.34. The van der Waals surface area contributed by atoms with E-state index >= 15 is 0 Å². The van der Waals surface area contributed by atoms with E-state index in [-0.39, 0.29) is 6.04 Å². The molecule has 0 heterocycles. The Kier molecular flexibility index (Phi) is 5.28. The summed E-state index contributed by atoms with van der Waals surface area (Å²) in [7, 11) is 3.48. The predicted octanol–water partition coefficient (Wildman–Crippen LogP) is 3.35. The first-order valence-electron chi connectivity index (χ1n) is 6.86. The molecule has 2 nitrogen and oxygen atoms in total. The molecule has 0 saturated heterocycles. The van der Waals surface area contributed by atoms with Crippen LogP contribution in [0.1, 0.15) is 11.1 Å². The Morgan fingerprint density at radius 3 is 2.05 bits per heavy atom. The molecule has 1 atom stereocenters. The summed E-state index contributed by atoms with van der Waals surface area (Å²) in [5.41, 5.74) is 1.80. The zero-order chi connectivity index (χ0) is 15.2. The zero-order valence-corrected chi connectivity index (χ0v) is 12.2. The largest absolute Gasteiger partial charge is 0.497 e. The number of hydrogen-bond acceptors (Lipinski definition) is 2. The first kappa shape index (κ1) is 15.4. The normalized spacial score (nSPS) is 12.2. The molecule has 0 bridgehead atoms. The topological polar surface area (TPSA) is 21.3 Å². The third-order valence-electron chi connectivity index (χ3n) is 3.45. The number of hydrogen-bond donors (Lipinski definition) is 1. The predicted molar refractivity (Wildman–Crippen MR) is 79.6 cm³/mol. The van der Waals surface area contributed by atoms with E-state index in [0.717, 1.165) is 23.8 Å². The van der Waals surface area contributed by atoms with Crippen LogP contribution >= 0.6 is 0 Å². The fraction of sp³-hybridized carbons (Fsp3) is 0.294. The minimum absolute atomic E-state index is 0.111. The Balaban J connectivity index is 2.05. The number of nitrogens with one attached hydrogen (secondary N) is 1. The summed E-state index contributed by atoms with van der Waals surface area (Å²) in [6, 6.07) is 11.6. The lowest BCUT2D eigenvalue weighted by Gasteiger charge is -2.17. The van der Waals surface area contributed by atoms with Crippen molar-refractivity contribution in [2.45, 2.75) is 18.9 Å². The summed E-state index contributed by atoms with van der Waals surface area (Å²) >= 11 is 0.